The predicted molar refractivity (Wildman–Crippen MR) is 167 cm³/mol. The van der Waals surface area contributed by atoms with Crippen LogP contribution < -0.4 is 15.0 Å². The SMILES string of the molecule is Cc1cc(Nc2ncnc3ccc(N4CC5(CCCN(C(=O)OC(C)(C)C)C5)C4)nc23)ccc1Oc1ccn2ncnc2c1. The van der Waals surface area contributed by atoms with Gasteiger partial charge in [0, 0.05) is 49.5 Å². The number of nitrogens with one attached hydrogen (secondary N) is 1. The lowest BCUT2D eigenvalue weighted by atomic mass is 9.73. The minimum Gasteiger partial charge on any atom is -0.457 e. The van der Waals surface area contributed by atoms with Gasteiger partial charge in [0.15, 0.2) is 11.5 Å². The number of aromatic nitrogens is 6. The lowest BCUT2D eigenvalue weighted by Crippen LogP contribution is -2.64. The van der Waals surface area contributed by atoms with Crippen LogP contribution in [0.25, 0.3) is 16.7 Å². The fraction of sp³-hybridized carbons (Fsp3) is 0.375. The van der Waals surface area contributed by atoms with Crippen LogP contribution in [0.4, 0.5) is 22.1 Å². The monoisotopic (exact) mass is 593 g/mol. The highest BCUT2D eigenvalue weighted by Crippen LogP contribution is 2.41. The van der Waals surface area contributed by atoms with Crippen molar-refractivity contribution in [2.45, 2.75) is 46.1 Å². The third-order valence-corrected chi connectivity index (χ3v) is 8.07. The highest BCUT2D eigenvalue weighted by atomic mass is 16.6. The average molecular weight is 594 g/mol. The number of hydrogen-bond acceptors (Lipinski definition) is 10. The van der Waals surface area contributed by atoms with Crippen LogP contribution in [0.2, 0.25) is 0 Å². The average Bonchev–Trinajstić information content (AvgIpc) is 3.45. The standard InChI is InChI=1S/C32H35N9O3/c1-21-14-22(6-8-25(21)43-23-10-13-41-27(15-23)34-20-36-41)37-29-28-24(33-19-35-29)7-9-26(38-28)40-17-32(18-40)11-5-12-39(16-32)30(42)44-31(2,3)4/h6-10,13-15,19-20H,5,11-12,16-18H2,1-4H3,(H,33,35,37). The number of fused-ring (bicyclic) bond motifs is 2. The molecule has 7 rings (SSSR count). The predicted octanol–water partition coefficient (Wildman–Crippen LogP) is 5.75. The van der Waals surface area contributed by atoms with Gasteiger partial charge in [-0.15, -0.1) is 0 Å². The number of amides is 1. The molecule has 2 fully saturated rings. The van der Waals surface area contributed by atoms with Gasteiger partial charge in [-0.05, 0) is 82.5 Å². The van der Waals surface area contributed by atoms with Gasteiger partial charge < -0.3 is 24.6 Å². The van der Waals surface area contributed by atoms with E-state index in [1.54, 1.807) is 10.8 Å². The molecule has 0 bridgehead atoms. The summed E-state index contributed by atoms with van der Waals surface area (Å²) in [5, 5.41) is 7.55. The summed E-state index contributed by atoms with van der Waals surface area (Å²) in [7, 11) is 0. The molecule has 12 nitrogen and oxygen atoms in total. The summed E-state index contributed by atoms with van der Waals surface area (Å²) in [5.41, 5.74) is 3.56. The van der Waals surface area contributed by atoms with E-state index in [1.165, 1.54) is 6.33 Å². The van der Waals surface area contributed by atoms with E-state index in [0.29, 0.717) is 23.6 Å². The van der Waals surface area contributed by atoms with E-state index in [4.69, 9.17) is 14.5 Å². The number of rotatable bonds is 5. The van der Waals surface area contributed by atoms with Crippen molar-refractivity contribution in [3.05, 3.63) is 66.9 Å². The Bertz CT molecular complexity index is 1860. The Morgan fingerprint density at radius 2 is 1.86 bits per heavy atom. The van der Waals surface area contributed by atoms with E-state index < -0.39 is 5.60 Å². The van der Waals surface area contributed by atoms with Crippen LogP contribution in [-0.4, -0.2) is 72.3 Å². The van der Waals surface area contributed by atoms with E-state index in [9.17, 15) is 4.79 Å². The van der Waals surface area contributed by atoms with Gasteiger partial charge >= 0.3 is 6.09 Å². The number of hydrogen-bond donors (Lipinski definition) is 1. The number of benzene rings is 1. The minimum absolute atomic E-state index is 0.0581. The number of aryl methyl sites for hydroxylation is 1. The Morgan fingerprint density at radius 1 is 1.00 bits per heavy atom. The number of anilines is 3. The lowest BCUT2D eigenvalue weighted by Gasteiger charge is -2.54. The van der Waals surface area contributed by atoms with Crippen molar-refractivity contribution in [1.29, 1.82) is 0 Å². The first-order valence-corrected chi connectivity index (χ1v) is 14.8. The summed E-state index contributed by atoms with van der Waals surface area (Å²) in [6.07, 6.45) is 6.70. The molecule has 0 saturated carbocycles. The molecule has 1 aromatic carbocycles. The highest BCUT2D eigenvalue weighted by Gasteiger charge is 2.47. The van der Waals surface area contributed by atoms with Crippen LogP contribution in [0.5, 0.6) is 11.5 Å². The Labute approximate surface area is 255 Å². The molecule has 6 heterocycles. The number of nitrogens with zero attached hydrogens (tertiary/aromatic N) is 8. The van der Waals surface area contributed by atoms with Gasteiger partial charge in [0.1, 0.15) is 41.1 Å². The Kier molecular flexibility index (Phi) is 6.71. The highest BCUT2D eigenvalue weighted by molar-refractivity contribution is 5.88. The number of piperidine rings is 1. The second-order valence-corrected chi connectivity index (χ2v) is 12.8. The van der Waals surface area contributed by atoms with Crippen molar-refractivity contribution >= 4 is 40.1 Å². The smallest absolute Gasteiger partial charge is 0.410 e. The van der Waals surface area contributed by atoms with E-state index in [1.807, 2.05) is 81.3 Å². The molecule has 2 aliphatic heterocycles. The van der Waals surface area contributed by atoms with Gasteiger partial charge in [-0.3, -0.25) is 0 Å². The van der Waals surface area contributed by atoms with E-state index in [0.717, 1.165) is 66.5 Å². The number of carbonyl (C=O) groups is 1. The summed E-state index contributed by atoms with van der Waals surface area (Å²) < 4.78 is 13.5. The van der Waals surface area contributed by atoms with Crippen LogP contribution in [-0.2, 0) is 4.74 Å². The van der Waals surface area contributed by atoms with Crippen molar-refractivity contribution in [1.82, 2.24) is 34.4 Å². The molecule has 4 aromatic heterocycles. The second kappa shape index (κ2) is 10.6. The molecular formula is C32H35N9O3. The third kappa shape index (κ3) is 5.54. The summed E-state index contributed by atoms with van der Waals surface area (Å²) in [6.45, 7) is 10.8. The normalized spacial score (nSPS) is 16.3. The van der Waals surface area contributed by atoms with Crippen molar-refractivity contribution in [2.24, 2.45) is 5.41 Å². The number of pyridine rings is 2. The first-order chi connectivity index (χ1) is 21.1. The summed E-state index contributed by atoms with van der Waals surface area (Å²) >= 11 is 0. The molecule has 0 aliphatic carbocycles. The van der Waals surface area contributed by atoms with Gasteiger partial charge in [0.2, 0.25) is 0 Å². The summed E-state index contributed by atoms with van der Waals surface area (Å²) in [5.74, 6) is 2.93. The lowest BCUT2D eigenvalue weighted by molar-refractivity contribution is -0.00154. The maximum absolute atomic E-state index is 12.7. The quantitative estimate of drug-likeness (QED) is 0.269. The maximum Gasteiger partial charge on any atom is 0.410 e. The maximum atomic E-state index is 12.7. The van der Waals surface area contributed by atoms with Crippen molar-refractivity contribution in [3.8, 4) is 11.5 Å². The topological polar surface area (TPSA) is 123 Å². The number of ether oxygens (including phenoxy) is 2. The van der Waals surface area contributed by atoms with E-state index >= 15 is 0 Å². The van der Waals surface area contributed by atoms with Crippen LogP contribution in [0.15, 0.2) is 61.3 Å². The zero-order valence-corrected chi connectivity index (χ0v) is 25.3. The molecule has 12 heteroatoms. The third-order valence-electron chi connectivity index (χ3n) is 8.07. The molecule has 1 spiro atoms. The molecule has 0 unspecified atom stereocenters. The molecule has 1 N–H and O–H groups in total. The van der Waals surface area contributed by atoms with Gasteiger partial charge in [-0.2, -0.15) is 5.10 Å². The minimum atomic E-state index is -0.501. The molecular weight excluding hydrogens is 558 g/mol. The fourth-order valence-electron chi connectivity index (χ4n) is 6.04. The number of carbonyl (C=O) groups excluding carboxylic acids is 1. The van der Waals surface area contributed by atoms with Crippen molar-refractivity contribution in [2.75, 3.05) is 36.4 Å². The summed E-state index contributed by atoms with van der Waals surface area (Å²) in [4.78, 5) is 35.0. The first-order valence-electron chi connectivity index (χ1n) is 14.8. The molecule has 1 amide bonds. The molecule has 2 saturated heterocycles. The van der Waals surface area contributed by atoms with Gasteiger partial charge in [-0.1, -0.05) is 0 Å². The molecule has 2 aliphatic rings. The molecule has 0 atom stereocenters. The summed E-state index contributed by atoms with van der Waals surface area (Å²) in [6, 6.07) is 13.6. The zero-order chi connectivity index (χ0) is 30.5. The van der Waals surface area contributed by atoms with Gasteiger partial charge in [0.25, 0.3) is 0 Å². The van der Waals surface area contributed by atoms with Crippen LogP contribution in [0.3, 0.4) is 0 Å². The van der Waals surface area contributed by atoms with E-state index in [-0.39, 0.29) is 11.5 Å². The first kappa shape index (κ1) is 27.8. The van der Waals surface area contributed by atoms with E-state index in [2.05, 4.69) is 30.3 Å². The fourth-order valence-corrected chi connectivity index (χ4v) is 6.04. The van der Waals surface area contributed by atoms with Gasteiger partial charge in [-0.25, -0.2) is 29.2 Å². The van der Waals surface area contributed by atoms with Crippen molar-refractivity contribution in [3.63, 3.8) is 0 Å². The number of likely N-dealkylation sites (tertiary alicyclic amines) is 1. The molecule has 44 heavy (non-hydrogen) atoms. The Balaban J connectivity index is 1.05. The Hall–Kier alpha value is -5.00. The van der Waals surface area contributed by atoms with Crippen LogP contribution in [0, 0.1) is 12.3 Å². The molecule has 226 valence electrons. The molecule has 5 aromatic rings. The largest absolute Gasteiger partial charge is 0.457 e. The van der Waals surface area contributed by atoms with Crippen LogP contribution in [0.1, 0.15) is 39.2 Å². The Morgan fingerprint density at radius 3 is 2.68 bits per heavy atom. The zero-order valence-electron chi connectivity index (χ0n) is 25.3. The van der Waals surface area contributed by atoms with Gasteiger partial charge in [0.05, 0.1) is 5.52 Å². The van der Waals surface area contributed by atoms with Crippen molar-refractivity contribution < 1.29 is 14.3 Å². The van der Waals surface area contributed by atoms with Crippen LogP contribution >= 0.6 is 0 Å². The second-order valence-electron chi connectivity index (χ2n) is 12.8. The molecule has 0 radical (unpaired) electrons.